The van der Waals surface area contributed by atoms with Crippen LogP contribution >= 0.6 is 0 Å². The molecule has 0 bridgehead atoms. The molecule has 1 aliphatic rings. The number of hydrogen-bond donors (Lipinski definition) is 1. The highest BCUT2D eigenvalue weighted by atomic mass is 16.6. The van der Waals surface area contributed by atoms with E-state index in [0.29, 0.717) is 12.8 Å². The van der Waals surface area contributed by atoms with Crippen LogP contribution in [0.5, 0.6) is 0 Å². The van der Waals surface area contributed by atoms with Gasteiger partial charge in [-0.2, -0.15) is 0 Å². The van der Waals surface area contributed by atoms with Gasteiger partial charge in [0, 0.05) is 12.5 Å². The van der Waals surface area contributed by atoms with Gasteiger partial charge in [0.1, 0.15) is 0 Å². The second-order valence-corrected chi connectivity index (χ2v) is 6.07. The van der Waals surface area contributed by atoms with Gasteiger partial charge in [0.2, 0.25) is 0 Å². The quantitative estimate of drug-likeness (QED) is 0.713. The Morgan fingerprint density at radius 2 is 2.05 bits per heavy atom. The summed E-state index contributed by atoms with van der Waals surface area (Å²) < 4.78 is 5.36. The Morgan fingerprint density at radius 1 is 1.43 bits per heavy atom. The zero-order valence-corrected chi connectivity index (χ0v) is 13.1. The van der Waals surface area contributed by atoms with E-state index < -0.39 is 23.4 Å². The molecule has 0 aromatic rings. The lowest BCUT2D eigenvalue weighted by atomic mass is 9.88. The first kappa shape index (κ1) is 17.5. The van der Waals surface area contributed by atoms with Gasteiger partial charge in [0.15, 0.2) is 11.3 Å². The molecule has 6 heteroatoms. The van der Waals surface area contributed by atoms with Gasteiger partial charge in [-0.15, -0.1) is 0 Å². The molecule has 1 saturated heterocycles. The zero-order valence-electron chi connectivity index (χ0n) is 13.1. The summed E-state index contributed by atoms with van der Waals surface area (Å²) in [7, 11) is 0. The highest BCUT2D eigenvalue weighted by Crippen LogP contribution is 2.40. The predicted octanol–water partition coefficient (Wildman–Crippen LogP) is 1.18. The van der Waals surface area contributed by atoms with Gasteiger partial charge >= 0.3 is 6.09 Å². The molecule has 0 aromatic heterocycles. The van der Waals surface area contributed by atoms with Gasteiger partial charge in [-0.25, -0.2) is 4.79 Å². The fourth-order valence-corrected chi connectivity index (χ4v) is 2.42. The molecule has 0 spiro atoms. The molecule has 0 radical (unpaired) electrons. The van der Waals surface area contributed by atoms with Crippen molar-refractivity contribution in [1.82, 2.24) is 4.90 Å². The van der Waals surface area contributed by atoms with Crippen molar-refractivity contribution >= 4 is 12.1 Å². The Kier molecular flexibility index (Phi) is 5.39. The Bertz CT molecular complexity index is 439. The molecular formula is C15H24NO5-. The van der Waals surface area contributed by atoms with E-state index in [0.717, 1.165) is 5.57 Å². The minimum Gasteiger partial charge on any atom is -0.550 e. The average Bonchev–Trinajstić information content (AvgIpc) is 2.48. The van der Waals surface area contributed by atoms with E-state index in [9.17, 15) is 19.8 Å². The van der Waals surface area contributed by atoms with Crippen molar-refractivity contribution in [2.45, 2.75) is 64.7 Å². The van der Waals surface area contributed by atoms with Crippen LogP contribution in [-0.2, 0) is 9.53 Å². The van der Waals surface area contributed by atoms with Crippen LogP contribution in [0.1, 0.15) is 53.4 Å². The number of allylic oxidation sites excluding steroid dienone is 2. The lowest BCUT2D eigenvalue weighted by molar-refractivity contribution is -0.305. The number of carbonyl (C=O) groups is 2. The van der Waals surface area contributed by atoms with Gasteiger partial charge in [-0.05, 0) is 53.4 Å². The lowest BCUT2D eigenvalue weighted by Crippen LogP contribution is -2.55. The van der Waals surface area contributed by atoms with Crippen LogP contribution in [0, 0.1) is 0 Å². The Labute approximate surface area is 125 Å². The normalized spacial score (nSPS) is 28.4. The van der Waals surface area contributed by atoms with E-state index in [4.69, 9.17) is 4.74 Å². The standard InChI is InChI=1S/C15H25NO5/c1-11(2)7-5-9-14(3)15(4,20)16(13(19)21-14)10-6-8-12(17)18/h7,20H,5-6,8-10H2,1-4H3,(H,17,18)/p-1/t14-,15+/m0/s1. The van der Waals surface area contributed by atoms with Crippen LogP contribution in [0.2, 0.25) is 0 Å². The Balaban J connectivity index is 2.74. The summed E-state index contributed by atoms with van der Waals surface area (Å²) >= 11 is 0. The van der Waals surface area contributed by atoms with Crippen LogP contribution in [-0.4, -0.2) is 39.9 Å². The number of rotatable bonds is 7. The highest BCUT2D eigenvalue weighted by molar-refractivity contribution is 5.72. The maximum absolute atomic E-state index is 11.9. The summed E-state index contributed by atoms with van der Waals surface area (Å²) in [4.78, 5) is 23.6. The minimum absolute atomic E-state index is 0.123. The van der Waals surface area contributed by atoms with E-state index in [1.54, 1.807) is 6.92 Å². The molecule has 120 valence electrons. The third kappa shape index (κ3) is 3.97. The predicted molar refractivity (Wildman–Crippen MR) is 75.1 cm³/mol. The lowest BCUT2D eigenvalue weighted by Gasteiger charge is -2.37. The van der Waals surface area contributed by atoms with Crippen molar-refractivity contribution in [3.8, 4) is 0 Å². The van der Waals surface area contributed by atoms with Crippen molar-refractivity contribution in [3.05, 3.63) is 11.6 Å². The molecule has 1 rings (SSSR count). The van der Waals surface area contributed by atoms with E-state index in [2.05, 4.69) is 0 Å². The highest BCUT2D eigenvalue weighted by Gasteiger charge is 2.58. The first-order valence-corrected chi connectivity index (χ1v) is 7.16. The minimum atomic E-state index is -1.47. The van der Waals surface area contributed by atoms with Crippen LogP contribution in [0.4, 0.5) is 4.79 Å². The summed E-state index contributed by atoms with van der Waals surface area (Å²) in [6, 6.07) is 0. The maximum Gasteiger partial charge on any atom is 0.412 e. The molecule has 1 aliphatic heterocycles. The second kappa shape index (κ2) is 6.47. The molecule has 0 unspecified atom stereocenters. The molecule has 1 amide bonds. The van der Waals surface area contributed by atoms with Crippen LogP contribution in [0.15, 0.2) is 11.6 Å². The number of aliphatic carboxylic acids is 1. The SMILES string of the molecule is CC(C)=CCC[C@]1(C)OC(=O)N(CCCC(=O)[O-])[C@]1(C)O. The number of carbonyl (C=O) groups excluding carboxylic acids is 2. The molecule has 2 atom stereocenters. The number of aliphatic hydroxyl groups is 1. The maximum atomic E-state index is 11.9. The zero-order chi connectivity index (χ0) is 16.3. The van der Waals surface area contributed by atoms with E-state index in [1.807, 2.05) is 19.9 Å². The van der Waals surface area contributed by atoms with Gasteiger partial charge in [0.05, 0.1) is 0 Å². The number of carboxylic acids is 1. The monoisotopic (exact) mass is 298 g/mol. The molecule has 1 N–H and O–H groups in total. The Hall–Kier alpha value is -1.56. The van der Waals surface area contributed by atoms with E-state index in [1.165, 1.54) is 11.8 Å². The van der Waals surface area contributed by atoms with Crippen molar-refractivity contribution < 1.29 is 24.5 Å². The fraction of sp³-hybridized carbons (Fsp3) is 0.733. The van der Waals surface area contributed by atoms with Crippen LogP contribution in [0.25, 0.3) is 0 Å². The van der Waals surface area contributed by atoms with E-state index in [-0.39, 0.29) is 19.4 Å². The molecule has 0 aromatic carbocycles. The number of cyclic esters (lactones) is 1. The van der Waals surface area contributed by atoms with Gasteiger partial charge in [0.25, 0.3) is 0 Å². The van der Waals surface area contributed by atoms with Gasteiger partial charge < -0.3 is 19.7 Å². The fourth-order valence-electron chi connectivity index (χ4n) is 2.42. The van der Waals surface area contributed by atoms with Gasteiger partial charge in [-0.3, -0.25) is 4.90 Å². The molecule has 21 heavy (non-hydrogen) atoms. The van der Waals surface area contributed by atoms with Crippen LogP contribution in [0.3, 0.4) is 0 Å². The third-order valence-electron chi connectivity index (χ3n) is 4.00. The molecule has 6 nitrogen and oxygen atoms in total. The Morgan fingerprint density at radius 3 is 2.57 bits per heavy atom. The second-order valence-electron chi connectivity index (χ2n) is 6.07. The summed E-state index contributed by atoms with van der Waals surface area (Å²) in [5.74, 6) is -1.17. The smallest absolute Gasteiger partial charge is 0.412 e. The summed E-state index contributed by atoms with van der Waals surface area (Å²) in [5, 5.41) is 21.1. The van der Waals surface area contributed by atoms with Crippen molar-refractivity contribution in [1.29, 1.82) is 0 Å². The van der Waals surface area contributed by atoms with Crippen molar-refractivity contribution in [2.75, 3.05) is 6.54 Å². The number of hydrogen-bond acceptors (Lipinski definition) is 5. The molecule has 0 aliphatic carbocycles. The van der Waals surface area contributed by atoms with E-state index >= 15 is 0 Å². The summed E-state index contributed by atoms with van der Waals surface area (Å²) in [5.41, 5.74) is -1.32. The first-order valence-electron chi connectivity index (χ1n) is 7.16. The largest absolute Gasteiger partial charge is 0.550 e. The molecule has 1 fully saturated rings. The average molecular weight is 298 g/mol. The number of carboxylic acid groups (broad SMARTS) is 1. The number of amides is 1. The van der Waals surface area contributed by atoms with Crippen LogP contribution < -0.4 is 5.11 Å². The molecule has 1 heterocycles. The number of ether oxygens (including phenoxy) is 1. The van der Waals surface area contributed by atoms with Gasteiger partial charge in [-0.1, -0.05) is 11.6 Å². The molecular weight excluding hydrogens is 274 g/mol. The molecule has 0 saturated carbocycles. The number of nitrogens with zero attached hydrogens (tertiary/aromatic N) is 1. The van der Waals surface area contributed by atoms with Crippen molar-refractivity contribution in [3.63, 3.8) is 0 Å². The van der Waals surface area contributed by atoms with Crippen molar-refractivity contribution in [2.24, 2.45) is 0 Å². The summed E-state index contributed by atoms with van der Waals surface area (Å²) in [6.07, 6.45) is 2.65. The first-order chi connectivity index (χ1) is 9.60. The summed E-state index contributed by atoms with van der Waals surface area (Å²) in [6.45, 7) is 7.31. The topological polar surface area (TPSA) is 89.9 Å². The third-order valence-corrected chi connectivity index (χ3v) is 4.00.